The second-order valence-corrected chi connectivity index (χ2v) is 7.89. The summed E-state index contributed by atoms with van der Waals surface area (Å²) >= 11 is 5.92. The summed E-state index contributed by atoms with van der Waals surface area (Å²) in [4.78, 5) is 19.3. The fourth-order valence-electron chi connectivity index (χ4n) is 3.43. The van der Waals surface area contributed by atoms with E-state index in [-0.39, 0.29) is 11.9 Å². The lowest BCUT2D eigenvalue weighted by atomic mass is 10.1. The van der Waals surface area contributed by atoms with Gasteiger partial charge < -0.3 is 18.9 Å². The first-order chi connectivity index (χ1) is 15.1. The van der Waals surface area contributed by atoms with Crippen molar-refractivity contribution in [2.75, 3.05) is 14.2 Å². The lowest BCUT2D eigenvalue weighted by molar-refractivity contribution is -0.132. The van der Waals surface area contributed by atoms with Crippen LogP contribution < -0.4 is 9.47 Å². The maximum atomic E-state index is 13.0. The molecule has 1 saturated carbocycles. The molecule has 8 heteroatoms. The highest BCUT2D eigenvalue weighted by Crippen LogP contribution is 2.32. The third kappa shape index (κ3) is 5.17. The van der Waals surface area contributed by atoms with Gasteiger partial charge in [-0.3, -0.25) is 4.79 Å². The predicted octanol–water partition coefficient (Wildman–Crippen LogP) is 4.53. The van der Waals surface area contributed by atoms with Gasteiger partial charge in [0.1, 0.15) is 11.5 Å². The molecule has 0 saturated heterocycles. The Bertz CT molecular complexity index is 1050. The topological polar surface area (TPSA) is 77.7 Å². The molecule has 1 aliphatic rings. The van der Waals surface area contributed by atoms with Crippen molar-refractivity contribution in [3.05, 3.63) is 58.9 Å². The number of methoxy groups -OCH3 is 2. The van der Waals surface area contributed by atoms with Crippen LogP contribution in [0.4, 0.5) is 0 Å². The third-order valence-electron chi connectivity index (χ3n) is 5.26. The first-order valence-electron chi connectivity index (χ1n) is 10.2. The van der Waals surface area contributed by atoms with E-state index in [4.69, 9.17) is 25.6 Å². The van der Waals surface area contributed by atoms with Crippen LogP contribution in [0.3, 0.4) is 0 Å². The molecule has 2 aromatic carbocycles. The van der Waals surface area contributed by atoms with Crippen molar-refractivity contribution in [1.29, 1.82) is 0 Å². The van der Waals surface area contributed by atoms with E-state index in [9.17, 15) is 4.79 Å². The highest BCUT2D eigenvalue weighted by Gasteiger charge is 2.33. The summed E-state index contributed by atoms with van der Waals surface area (Å²) in [7, 11) is 3.25. The van der Waals surface area contributed by atoms with Crippen LogP contribution in [0.2, 0.25) is 5.02 Å². The second-order valence-electron chi connectivity index (χ2n) is 7.45. The van der Waals surface area contributed by atoms with Crippen LogP contribution in [-0.4, -0.2) is 41.2 Å². The van der Waals surface area contributed by atoms with E-state index < -0.39 is 0 Å². The van der Waals surface area contributed by atoms with Gasteiger partial charge in [0.15, 0.2) is 0 Å². The summed E-state index contributed by atoms with van der Waals surface area (Å²) in [6.45, 7) is 0.476. The predicted molar refractivity (Wildman–Crippen MR) is 116 cm³/mol. The van der Waals surface area contributed by atoms with Crippen molar-refractivity contribution in [1.82, 2.24) is 15.0 Å². The number of ether oxygens (including phenoxy) is 2. The Labute approximate surface area is 185 Å². The molecule has 0 N–H and O–H groups in total. The average Bonchev–Trinajstić information content (AvgIpc) is 3.53. The minimum absolute atomic E-state index is 0.0543. The smallest absolute Gasteiger partial charge is 0.227 e. The maximum Gasteiger partial charge on any atom is 0.227 e. The van der Waals surface area contributed by atoms with Gasteiger partial charge in [-0.25, -0.2) is 0 Å². The van der Waals surface area contributed by atoms with Crippen molar-refractivity contribution < 1.29 is 18.8 Å². The molecule has 0 aliphatic heterocycles. The third-order valence-corrected chi connectivity index (χ3v) is 5.51. The molecular weight excluding hydrogens is 418 g/mol. The highest BCUT2D eigenvalue weighted by molar-refractivity contribution is 6.30. The zero-order chi connectivity index (χ0) is 21.8. The first-order valence-corrected chi connectivity index (χ1v) is 10.5. The largest absolute Gasteiger partial charge is 0.497 e. The minimum atomic E-state index is 0.0543. The van der Waals surface area contributed by atoms with E-state index in [1.807, 2.05) is 35.2 Å². The number of aromatic nitrogens is 2. The Balaban J connectivity index is 1.42. The van der Waals surface area contributed by atoms with Gasteiger partial charge in [-0.2, -0.15) is 4.98 Å². The zero-order valence-electron chi connectivity index (χ0n) is 17.5. The van der Waals surface area contributed by atoms with Crippen LogP contribution >= 0.6 is 11.6 Å². The number of carbonyl (C=O) groups is 1. The van der Waals surface area contributed by atoms with Crippen LogP contribution in [-0.2, 0) is 17.8 Å². The van der Waals surface area contributed by atoms with Gasteiger partial charge in [0.05, 0.1) is 14.2 Å². The quantitative estimate of drug-likeness (QED) is 0.485. The number of nitrogens with zero attached hydrogens (tertiary/aromatic N) is 3. The number of aryl methyl sites for hydroxylation is 1. The van der Waals surface area contributed by atoms with Gasteiger partial charge in [-0.05, 0) is 55.3 Å². The van der Waals surface area contributed by atoms with E-state index in [0.29, 0.717) is 36.1 Å². The zero-order valence-corrected chi connectivity index (χ0v) is 18.3. The SMILES string of the molecule is COc1ccc(OC)c(CN(C(=O)CCc2nc(-c3ccc(Cl)cc3)no2)C2CC2)c1. The Morgan fingerprint density at radius 1 is 1.16 bits per heavy atom. The number of halogens is 1. The normalized spacial score (nSPS) is 13.1. The number of carbonyl (C=O) groups excluding carboxylic acids is 1. The van der Waals surface area contributed by atoms with Crippen LogP contribution in [0.5, 0.6) is 11.5 Å². The lowest BCUT2D eigenvalue weighted by Gasteiger charge is -2.23. The molecular formula is C23H24ClN3O4. The summed E-state index contributed by atoms with van der Waals surface area (Å²) in [5.41, 5.74) is 1.74. The van der Waals surface area contributed by atoms with Crippen LogP contribution in [0.25, 0.3) is 11.4 Å². The Morgan fingerprint density at radius 2 is 1.94 bits per heavy atom. The highest BCUT2D eigenvalue weighted by atomic mass is 35.5. The van der Waals surface area contributed by atoms with Gasteiger partial charge >= 0.3 is 0 Å². The summed E-state index contributed by atoms with van der Waals surface area (Å²) in [6, 6.07) is 13.1. The van der Waals surface area contributed by atoms with Gasteiger partial charge in [0.2, 0.25) is 17.6 Å². The molecule has 1 fully saturated rings. The minimum Gasteiger partial charge on any atom is -0.497 e. The maximum absolute atomic E-state index is 13.0. The van der Waals surface area contributed by atoms with Crippen molar-refractivity contribution in [3.63, 3.8) is 0 Å². The van der Waals surface area contributed by atoms with Crippen molar-refractivity contribution in [2.45, 2.75) is 38.3 Å². The summed E-state index contributed by atoms with van der Waals surface area (Å²) in [6.07, 6.45) is 2.71. The van der Waals surface area contributed by atoms with E-state index in [1.54, 1.807) is 26.4 Å². The van der Waals surface area contributed by atoms with Crippen LogP contribution in [0.15, 0.2) is 47.0 Å². The molecule has 4 rings (SSSR count). The van der Waals surface area contributed by atoms with E-state index in [1.165, 1.54) is 0 Å². The van der Waals surface area contributed by atoms with Crippen molar-refractivity contribution in [3.8, 4) is 22.9 Å². The lowest BCUT2D eigenvalue weighted by Crippen LogP contribution is -2.33. The molecule has 1 aromatic heterocycles. The number of rotatable bonds is 9. The molecule has 0 radical (unpaired) electrons. The fourth-order valence-corrected chi connectivity index (χ4v) is 3.55. The van der Waals surface area contributed by atoms with Gasteiger partial charge in [-0.15, -0.1) is 0 Å². The van der Waals surface area contributed by atoms with E-state index in [0.717, 1.165) is 35.5 Å². The van der Waals surface area contributed by atoms with Crippen molar-refractivity contribution in [2.24, 2.45) is 0 Å². The molecule has 0 atom stereocenters. The molecule has 0 unspecified atom stereocenters. The van der Waals surface area contributed by atoms with Crippen molar-refractivity contribution >= 4 is 17.5 Å². The molecule has 162 valence electrons. The van der Waals surface area contributed by atoms with Crippen LogP contribution in [0, 0.1) is 0 Å². The first kappa shape index (κ1) is 21.2. The standard InChI is InChI=1S/C23H24ClN3O4/c1-29-19-9-10-20(30-2)16(13-19)14-27(18-7-8-18)22(28)12-11-21-25-23(26-31-21)15-3-5-17(24)6-4-15/h3-6,9-10,13,18H,7-8,11-12,14H2,1-2H3. The number of amides is 1. The van der Waals surface area contributed by atoms with Gasteiger partial charge in [0.25, 0.3) is 0 Å². The number of hydrogen-bond acceptors (Lipinski definition) is 6. The molecule has 1 heterocycles. The Morgan fingerprint density at radius 3 is 2.61 bits per heavy atom. The van der Waals surface area contributed by atoms with Crippen LogP contribution in [0.1, 0.15) is 30.7 Å². The molecule has 3 aromatic rings. The fraction of sp³-hybridized carbons (Fsp3) is 0.348. The van der Waals surface area contributed by atoms with E-state index >= 15 is 0 Å². The molecule has 0 spiro atoms. The monoisotopic (exact) mass is 441 g/mol. The average molecular weight is 442 g/mol. The molecule has 7 nitrogen and oxygen atoms in total. The molecule has 31 heavy (non-hydrogen) atoms. The number of hydrogen-bond donors (Lipinski definition) is 0. The van der Waals surface area contributed by atoms with E-state index in [2.05, 4.69) is 10.1 Å². The number of benzene rings is 2. The summed E-state index contributed by atoms with van der Waals surface area (Å²) < 4.78 is 16.1. The molecule has 1 amide bonds. The van der Waals surface area contributed by atoms with Gasteiger partial charge in [-0.1, -0.05) is 16.8 Å². The molecule has 1 aliphatic carbocycles. The Hall–Kier alpha value is -3.06. The second kappa shape index (κ2) is 9.39. The van der Waals surface area contributed by atoms with Gasteiger partial charge in [0, 0.05) is 41.6 Å². The summed E-state index contributed by atoms with van der Waals surface area (Å²) in [5, 5.41) is 4.66. The Kier molecular flexibility index (Phi) is 6.42. The summed E-state index contributed by atoms with van der Waals surface area (Å²) in [5.74, 6) is 2.45. The molecule has 0 bridgehead atoms.